The summed E-state index contributed by atoms with van der Waals surface area (Å²) in [5, 5.41) is 3.48. The van der Waals surface area contributed by atoms with Crippen LogP contribution in [0.4, 0.5) is 0 Å². The van der Waals surface area contributed by atoms with E-state index in [-0.39, 0.29) is 0 Å². The van der Waals surface area contributed by atoms with Crippen LogP contribution in [0.3, 0.4) is 0 Å². The van der Waals surface area contributed by atoms with Gasteiger partial charge in [0.15, 0.2) is 17.5 Å². The van der Waals surface area contributed by atoms with Gasteiger partial charge in [-0.3, -0.25) is 4.98 Å². The van der Waals surface area contributed by atoms with Gasteiger partial charge in [-0.1, -0.05) is 146 Å². The maximum absolute atomic E-state index is 6.52. The molecule has 0 bridgehead atoms. The van der Waals surface area contributed by atoms with Crippen molar-refractivity contribution in [2.24, 2.45) is 0 Å². The highest BCUT2D eigenvalue weighted by Crippen LogP contribution is 2.60. The van der Waals surface area contributed by atoms with Crippen molar-refractivity contribution < 1.29 is 4.74 Å². The number of allylic oxidation sites excluding steroid dienone is 1. The van der Waals surface area contributed by atoms with E-state index in [4.69, 9.17) is 19.7 Å². The molecule has 6 nitrogen and oxygen atoms in total. The van der Waals surface area contributed by atoms with Crippen LogP contribution in [0, 0.1) is 0 Å². The van der Waals surface area contributed by atoms with Gasteiger partial charge in [-0.15, -0.1) is 0 Å². The summed E-state index contributed by atoms with van der Waals surface area (Å²) in [6.07, 6.45) is 7.80. The molecule has 0 amide bonds. The highest BCUT2D eigenvalue weighted by molar-refractivity contribution is 5.89. The maximum Gasteiger partial charge on any atom is 0.164 e. The smallest absolute Gasteiger partial charge is 0.164 e. The maximum atomic E-state index is 6.52. The van der Waals surface area contributed by atoms with Gasteiger partial charge in [-0.05, 0) is 62.7 Å². The van der Waals surface area contributed by atoms with E-state index in [0.717, 1.165) is 50.5 Å². The molecule has 56 heavy (non-hydrogen) atoms. The SMILES string of the molecule is C1=CC2=C(CN1)C1(c3cnccc3O2)c2ccccc2-c2ccc(-c3ccc(-c4nc(-c5ccccc5)nc(-c5ccc(-c6ccccc6)cc5)n4)cc3)cc21. The third-order valence-electron chi connectivity index (χ3n) is 11.2. The van der Waals surface area contributed by atoms with Crippen LogP contribution >= 0.6 is 0 Å². The number of fused-ring (bicyclic) bond motifs is 8. The quantitative estimate of drug-likeness (QED) is 0.191. The number of nitrogens with zero attached hydrogens (tertiary/aromatic N) is 4. The fraction of sp³-hybridized carbons (Fsp3) is 0.0400. The lowest BCUT2D eigenvalue weighted by Crippen LogP contribution is -2.39. The molecular weight excluding hydrogens is 687 g/mol. The second-order valence-corrected chi connectivity index (χ2v) is 14.3. The average Bonchev–Trinajstić information content (AvgIpc) is 3.57. The molecule has 4 heterocycles. The minimum absolute atomic E-state index is 0.550. The predicted molar refractivity (Wildman–Crippen MR) is 221 cm³/mol. The normalized spacial score (nSPS) is 16.0. The number of hydrogen-bond acceptors (Lipinski definition) is 6. The fourth-order valence-electron chi connectivity index (χ4n) is 8.61. The number of rotatable bonds is 5. The van der Waals surface area contributed by atoms with Crippen LogP contribution in [0.15, 0.2) is 194 Å². The Balaban J connectivity index is 1.01. The molecule has 1 unspecified atom stereocenters. The summed E-state index contributed by atoms with van der Waals surface area (Å²) in [6.45, 7) is 0.670. The molecule has 11 rings (SSSR count). The highest BCUT2D eigenvalue weighted by Gasteiger charge is 2.52. The molecule has 0 saturated heterocycles. The molecule has 1 aliphatic carbocycles. The second-order valence-electron chi connectivity index (χ2n) is 14.3. The lowest BCUT2D eigenvalue weighted by molar-refractivity contribution is 0.389. The molecule has 1 spiro atoms. The topological polar surface area (TPSA) is 72.8 Å². The Labute approximate surface area is 324 Å². The van der Waals surface area contributed by atoms with E-state index in [9.17, 15) is 0 Å². The zero-order chi connectivity index (χ0) is 37.1. The molecule has 0 fully saturated rings. The van der Waals surface area contributed by atoms with Crippen molar-refractivity contribution in [2.75, 3.05) is 6.54 Å². The van der Waals surface area contributed by atoms with Crippen LogP contribution in [-0.2, 0) is 5.41 Å². The first kappa shape index (κ1) is 32.0. The standard InChI is InChI=1S/C50H33N5O/c1-3-9-32(10-4-1)33-15-19-36(20-16-33)48-53-47(35-11-5-2-6-12-35)54-49(55-48)37-21-17-34(18-22-37)38-23-24-40-39-13-7-8-14-41(39)50(42(40)29-38)43-30-51-27-25-45(43)56-46-26-28-52-31-44(46)50/h1-30,52H,31H2. The van der Waals surface area contributed by atoms with Crippen molar-refractivity contribution in [2.45, 2.75) is 5.41 Å². The lowest BCUT2D eigenvalue weighted by atomic mass is 9.65. The summed E-state index contributed by atoms with van der Waals surface area (Å²) in [7, 11) is 0. The Morgan fingerprint density at radius 3 is 1.71 bits per heavy atom. The summed E-state index contributed by atoms with van der Waals surface area (Å²) in [6, 6.07) is 55.1. The Morgan fingerprint density at radius 2 is 1.02 bits per heavy atom. The van der Waals surface area contributed by atoms with Crippen LogP contribution in [0.25, 0.3) is 67.5 Å². The van der Waals surface area contributed by atoms with Crippen LogP contribution in [0.5, 0.6) is 5.75 Å². The fourth-order valence-corrected chi connectivity index (χ4v) is 8.61. The number of hydrogen-bond donors (Lipinski definition) is 1. The second kappa shape index (κ2) is 12.9. The third kappa shape index (κ3) is 5.03. The number of pyridine rings is 1. The molecule has 1 atom stereocenters. The number of benzene rings is 6. The van der Waals surface area contributed by atoms with E-state index in [1.54, 1.807) is 0 Å². The molecule has 6 aromatic carbocycles. The summed E-state index contributed by atoms with van der Waals surface area (Å²) >= 11 is 0. The van der Waals surface area contributed by atoms with Crippen molar-refractivity contribution >= 4 is 0 Å². The summed E-state index contributed by atoms with van der Waals surface area (Å²) in [5.41, 5.74) is 14.0. The largest absolute Gasteiger partial charge is 0.457 e. The lowest BCUT2D eigenvalue weighted by Gasteiger charge is -2.41. The molecule has 0 radical (unpaired) electrons. The van der Waals surface area contributed by atoms with Crippen LogP contribution in [0.1, 0.15) is 16.7 Å². The van der Waals surface area contributed by atoms with E-state index in [1.165, 1.54) is 33.4 Å². The molecule has 2 aliphatic heterocycles. The van der Waals surface area contributed by atoms with Crippen LogP contribution in [-0.4, -0.2) is 26.5 Å². The zero-order valence-corrected chi connectivity index (χ0v) is 30.2. The molecule has 8 aromatic rings. The van der Waals surface area contributed by atoms with Gasteiger partial charge >= 0.3 is 0 Å². The molecular formula is C50H33N5O. The molecule has 6 heteroatoms. The summed E-state index contributed by atoms with van der Waals surface area (Å²) < 4.78 is 6.52. The number of aromatic nitrogens is 4. The Kier molecular flexibility index (Phi) is 7.35. The van der Waals surface area contributed by atoms with E-state index >= 15 is 0 Å². The van der Waals surface area contributed by atoms with Gasteiger partial charge in [-0.25, -0.2) is 15.0 Å². The van der Waals surface area contributed by atoms with Crippen LogP contribution < -0.4 is 10.1 Å². The summed E-state index contributed by atoms with van der Waals surface area (Å²) in [4.78, 5) is 19.6. The molecule has 3 aliphatic rings. The predicted octanol–water partition coefficient (Wildman–Crippen LogP) is 10.7. The monoisotopic (exact) mass is 719 g/mol. The van der Waals surface area contributed by atoms with E-state index in [0.29, 0.717) is 24.0 Å². The van der Waals surface area contributed by atoms with E-state index in [1.807, 2.05) is 67.1 Å². The van der Waals surface area contributed by atoms with Gasteiger partial charge in [0.1, 0.15) is 11.5 Å². The van der Waals surface area contributed by atoms with Crippen LogP contribution in [0.2, 0.25) is 0 Å². The highest BCUT2D eigenvalue weighted by atomic mass is 16.5. The minimum atomic E-state index is -0.550. The van der Waals surface area contributed by atoms with E-state index < -0.39 is 5.41 Å². The number of ether oxygens (including phenoxy) is 1. The zero-order valence-electron chi connectivity index (χ0n) is 30.2. The first-order valence-corrected chi connectivity index (χ1v) is 18.8. The van der Waals surface area contributed by atoms with Crippen molar-refractivity contribution in [1.82, 2.24) is 25.3 Å². The van der Waals surface area contributed by atoms with Gasteiger partial charge in [0, 0.05) is 53.0 Å². The molecule has 1 N–H and O–H groups in total. The molecule has 264 valence electrons. The Hall–Kier alpha value is -7.44. The van der Waals surface area contributed by atoms with Gasteiger partial charge in [0.25, 0.3) is 0 Å². The van der Waals surface area contributed by atoms with E-state index in [2.05, 4.69) is 126 Å². The van der Waals surface area contributed by atoms with Gasteiger partial charge in [0.2, 0.25) is 0 Å². The third-order valence-corrected chi connectivity index (χ3v) is 11.2. The van der Waals surface area contributed by atoms with Crippen molar-refractivity contribution in [3.05, 3.63) is 210 Å². The summed E-state index contributed by atoms with van der Waals surface area (Å²) in [5.74, 6) is 3.62. The average molecular weight is 720 g/mol. The number of dihydropyridines is 1. The van der Waals surface area contributed by atoms with Gasteiger partial charge in [0.05, 0.1) is 5.41 Å². The van der Waals surface area contributed by atoms with Crippen molar-refractivity contribution in [3.63, 3.8) is 0 Å². The molecule has 0 saturated carbocycles. The first-order valence-electron chi connectivity index (χ1n) is 18.8. The van der Waals surface area contributed by atoms with Gasteiger partial charge < -0.3 is 10.1 Å². The first-order chi connectivity index (χ1) is 27.7. The van der Waals surface area contributed by atoms with Gasteiger partial charge in [-0.2, -0.15) is 0 Å². The minimum Gasteiger partial charge on any atom is -0.457 e. The van der Waals surface area contributed by atoms with Crippen molar-refractivity contribution in [3.8, 4) is 73.3 Å². The Bertz CT molecular complexity index is 2870. The Morgan fingerprint density at radius 1 is 0.482 bits per heavy atom. The van der Waals surface area contributed by atoms with Crippen molar-refractivity contribution in [1.29, 1.82) is 0 Å². The molecule has 2 aromatic heterocycles. The number of nitrogens with one attached hydrogen (secondary N) is 1.